The van der Waals surface area contributed by atoms with Crippen molar-refractivity contribution < 1.29 is 28.5 Å². The van der Waals surface area contributed by atoms with Crippen molar-refractivity contribution in [2.24, 2.45) is 10.2 Å². The standard InChI is InChI=1S/C24H30ClN3O6/c1-6-31-16-10-11-18(32-7-2)17(14-16)27-28-22(15(5)29)24(30)26-23-20(34-9-4)13-12-19(21(23)25)33-8-3/h10-14,22H,6-9H2,1-5H3,(H,26,30). The third-order valence-corrected chi connectivity index (χ3v) is 4.75. The van der Waals surface area contributed by atoms with Crippen LogP contribution >= 0.6 is 11.6 Å². The van der Waals surface area contributed by atoms with E-state index in [9.17, 15) is 9.59 Å². The van der Waals surface area contributed by atoms with Gasteiger partial charge in [-0.25, -0.2) is 0 Å². The number of hydrogen-bond acceptors (Lipinski definition) is 8. The smallest absolute Gasteiger partial charge is 0.258 e. The fourth-order valence-corrected chi connectivity index (χ4v) is 3.20. The van der Waals surface area contributed by atoms with E-state index in [0.29, 0.717) is 55.1 Å². The highest BCUT2D eigenvalue weighted by Crippen LogP contribution is 2.40. The zero-order chi connectivity index (χ0) is 25.1. The second kappa shape index (κ2) is 13.4. The van der Waals surface area contributed by atoms with Gasteiger partial charge >= 0.3 is 0 Å². The number of nitrogens with zero attached hydrogens (tertiary/aromatic N) is 2. The SMILES string of the molecule is CCOc1ccc(OCC)c(N=NC(C(C)=O)C(=O)Nc2c(OCC)ccc(OCC)c2Cl)c1. The van der Waals surface area contributed by atoms with E-state index in [1.165, 1.54) is 6.92 Å². The molecule has 0 aromatic heterocycles. The minimum Gasteiger partial charge on any atom is -0.494 e. The van der Waals surface area contributed by atoms with Gasteiger partial charge in [0.25, 0.3) is 5.91 Å². The average molecular weight is 492 g/mol. The largest absolute Gasteiger partial charge is 0.494 e. The van der Waals surface area contributed by atoms with Crippen LogP contribution in [0.15, 0.2) is 40.6 Å². The first kappa shape index (κ1) is 26.9. The van der Waals surface area contributed by atoms with E-state index in [0.717, 1.165) is 0 Å². The summed E-state index contributed by atoms with van der Waals surface area (Å²) in [4.78, 5) is 25.3. The first-order chi connectivity index (χ1) is 16.4. The molecular formula is C24H30ClN3O6. The van der Waals surface area contributed by atoms with Crippen molar-refractivity contribution in [3.05, 3.63) is 35.4 Å². The molecule has 2 rings (SSSR count). The third kappa shape index (κ3) is 7.08. The Morgan fingerprint density at radius 3 is 2.06 bits per heavy atom. The second-order valence-corrected chi connectivity index (χ2v) is 7.21. The molecule has 0 heterocycles. The lowest BCUT2D eigenvalue weighted by Gasteiger charge is -2.17. The number of anilines is 1. The molecule has 1 unspecified atom stereocenters. The van der Waals surface area contributed by atoms with Gasteiger partial charge in [-0.1, -0.05) is 11.6 Å². The molecule has 0 aliphatic heterocycles. The number of halogens is 1. The van der Waals surface area contributed by atoms with E-state index in [-0.39, 0.29) is 10.7 Å². The fourth-order valence-electron chi connectivity index (χ4n) is 2.94. The van der Waals surface area contributed by atoms with E-state index < -0.39 is 17.7 Å². The molecule has 10 heteroatoms. The van der Waals surface area contributed by atoms with Crippen molar-refractivity contribution in [3.8, 4) is 23.0 Å². The third-order valence-electron chi connectivity index (χ3n) is 4.37. The zero-order valence-electron chi connectivity index (χ0n) is 20.0. The van der Waals surface area contributed by atoms with Gasteiger partial charge in [0.2, 0.25) is 6.04 Å². The maximum atomic E-state index is 13.0. The summed E-state index contributed by atoms with van der Waals surface area (Å²) in [7, 11) is 0. The molecule has 2 aromatic rings. The number of amides is 1. The first-order valence-electron chi connectivity index (χ1n) is 11.1. The van der Waals surface area contributed by atoms with Gasteiger partial charge in [0.05, 0.1) is 26.4 Å². The lowest BCUT2D eigenvalue weighted by Crippen LogP contribution is -2.32. The molecule has 0 spiro atoms. The van der Waals surface area contributed by atoms with Gasteiger partial charge < -0.3 is 24.3 Å². The molecule has 0 fully saturated rings. The predicted octanol–water partition coefficient (Wildman–Crippen LogP) is 5.61. The molecule has 0 saturated heterocycles. The number of hydrogen-bond donors (Lipinski definition) is 1. The zero-order valence-corrected chi connectivity index (χ0v) is 20.8. The van der Waals surface area contributed by atoms with Crippen molar-refractivity contribution >= 4 is 34.7 Å². The number of rotatable bonds is 13. The summed E-state index contributed by atoms with van der Waals surface area (Å²) >= 11 is 6.44. The van der Waals surface area contributed by atoms with Gasteiger partial charge in [0.1, 0.15) is 39.4 Å². The molecular weight excluding hydrogens is 462 g/mol. The van der Waals surface area contributed by atoms with E-state index >= 15 is 0 Å². The van der Waals surface area contributed by atoms with Crippen molar-refractivity contribution in [3.63, 3.8) is 0 Å². The van der Waals surface area contributed by atoms with Crippen molar-refractivity contribution in [1.82, 2.24) is 0 Å². The Kier molecular flexibility index (Phi) is 10.6. The maximum Gasteiger partial charge on any atom is 0.258 e. The van der Waals surface area contributed by atoms with E-state index in [4.69, 9.17) is 30.5 Å². The first-order valence-corrected chi connectivity index (χ1v) is 11.4. The number of carbonyl (C=O) groups excluding carboxylic acids is 2. The van der Waals surface area contributed by atoms with Gasteiger partial charge in [-0.2, -0.15) is 10.2 Å². The summed E-state index contributed by atoms with van der Waals surface area (Å²) in [6.07, 6.45) is 0. The van der Waals surface area contributed by atoms with Crippen LogP contribution in [0.2, 0.25) is 5.02 Å². The summed E-state index contributed by atoms with van der Waals surface area (Å²) in [6, 6.07) is 6.92. The van der Waals surface area contributed by atoms with Crippen LogP contribution in [-0.4, -0.2) is 44.2 Å². The van der Waals surface area contributed by atoms with Crippen LogP contribution in [0.3, 0.4) is 0 Å². The normalized spacial score (nSPS) is 11.7. The van der Waals surface area contributed by atoms with Crippen LogP contribution in [0.1, 0.15) is 34.6 Å². The highest BCUT2D eigenvalue weighted by molar-refractivity contribution is 6.35. The summed E-state index contributed by atoms with van der Waals surface area (Å²) in [5.41, 5.74) is 0.521. The lowest BCUT2D eigenvalue weighted by atomic mass is 10.2. The molecule has 9 nitrogen and oxygen atoms in total. The highest BCUT2D eigenvalue weighted by Gasteiger charge is 2.26. The Morgan fingerprint density at radius 1 is 0.882 bits per heavy atom. The van der Waals surface area contributed by atoms with Crippen molar-refractivity contribution in [2.45, 2.75) is 40.7 Å². The number of benzene rings is 2. The van der Waals surface area contributed by atoms with Crippen LogP contribution < -0.4 is 24.3 Å². The number of carbonyl (C=O) groups is 2. The summed E-state index contributed by atoms with van der Waals surface area (Å²) in [5, 5.41) is 10.9. The molecule has 1 atom stereocenters. The molecule has 1 amide bonds. The highest BCUT2D eigenvalue weighted by atomic mass is 35.5. The quantitative estimate of drug-likeness (QED) is 0.288. The maximum absolute atomic E-state index is 13.0. The van der Waals surface area contributed by atoms with Crippen LogP contribution in [-0.2, 0) is 9.59 Å². The number of nitrogens with one attached hydrogen (secondary N) is 1. The van der Waals surface area contributed by atoms with Gasteiger partial charge in [0.15, 0.2) is 5.78 Å². The van der Waals surface area contributed by atoms with Crippen molar-refractivity contribution in [1.29, 1.82) is 0 Å². The summed E-state index contributed by atoms with van der Waals surface area (Å²) in [6.45, 7) is 10.2. The molecule has 0 saturated carbocycles. The average Bonchev–Trinajstić information content (AvgIpc) is 2.80. The molecule has 0 aliphatic carbocycles. The molecule has 1 N–H and O–H groups in total. The fraction of sp³-hybridized carbons (Fsp3) is 0.417. The molecule has 34 heavy (non-hydrogen) atoms. The number of azo groups is 1. The molecule has 0 aliphatic rings. The minimum absolute atomic E-state index is 0.156. The minimum atomic E-state index is -1.42. The number of ether oxygens (including phenoxy) is 4. The van der Waals surface area contributed by atoms with Gasteiger partial charge in [-0.05, 0) is 58.9 Å². The second-order valence-electron chi connectivity index (χ2n) is 6.83. The van der Waals surface area contributed by atoms with Crippen LogP contribution in [0.5, 0.6) is 23.0 Å². The van der Waals surface area contributed by atoms with Crippen LogP contribution in [0.25, 0.3) is 0 Å². The van der Waals surface area contributed by atoms with Gasteiger partial charge in [0, 0.05) is 6.07 Å². The van der Waals surface area contributed by atoms with Gasteiger partial charge in [-0.15, -0.1) is 0 Å². The molecule has 0 bridgehead atoms. The Balaban J connectivity index is 2.38. The van der Waals surface area contributed by atoms with E-state index in [1.54, 1.807) is 37.3 Å². The Labute approximate surface area is 204 Å². The van der Waals surface area contributed by atoms with Crippen LogP contribution in [0, 0.1) is 0 Å². The van der Waals surface area contributed by atoms with E-state index in [2.05, 4.69) is 15.5 Å². The number of Topliss-reactive ketones (excluding diaryl/α,β-unsaturated/α-hetero) is 1. The predicted molar refractivity (Wildman–Crippen MR) is 130 cm³/mol. The van der Waals surface area contributed by atoms with Crippen LogP contribution in [0.4, 0.5) is 11.4 Å². The summed E-state index contributed by atoms with van der Waals surface area (Å²) in [5.74, 6) is 0.500. The topological polar surface area (TPSA) is 108 Å². The van der Waals surface area contributed by atoms with Gasteiger partial charge in [-0.3, -0.25) is 9.59 Å². The molecule has 184 valence electrons. The van der Waals surface area contributed by atoms with E-state index in [1.807, 2.05) is 20.8 Å². The Bertz CT molecular complexity index is 1030. The Hall–Kier alpha value is -3.33. The lowest BCUT2D eigenvalue weighted by molar-refractivity contribution is -0.126. The van der Waals surface area contributed by atoms with Crippen molar-refractivity contribution in [2.75, 3.05) is 31.7 Å². The molecule has 2 aromatic carbocycles. The Morgan fingerprint density at radius 2 is 1.44 bits per heavy atom. The number of ketones is 1. The summed E-state index contributed by atoms with van der Waals surface area (Å²) < 4.78 is 22.1. The molecule has 0 radical (unpaired) electrons. The monoisotopic (exact) mass is 491 g/mol.